The maximum atomic E-state index is 14.2. The van der Waals surface area contributed by atoms with Gasteiger partial charge in [-0.25, -0.2) is 19.4 Å². The van der Waals surface area contributed by atoms with Crippen LogP contribution in [0.5, 0.6) is 0 Å². The molecule has 1 aromatic heterocycles. The quantitative estimate of drug-likeness (QED) is 0.123. The zero-order chi connectivity index (χ0) is 39.7. The van der Waals surface area contributed by atoms with Crippen LogP contribution in [0.2, 0.25) is 5.02 Å². The van der Waals surface area contributed by atoms with Gasteiger partial charge in [-0.2, -0.15) is 13.2 Å². The SMILES string of the molecule is Cc1c(C(=O)O)ccc2c1nc(C(Cc1cc(Cl)c(N)c(C(F)(F)F)c1)NC(=O)N1CCC(N3CCc4ccccc4NC3=O)CC1)n2CCCN1CCCC1. The van der Waals surface area contributed by atoms with Crippen LogP contribution in [0.3, 0.4) is 0 Å². The van der Waals surface area contributed by atoms with Gasteiger partial charge in [-0.1, -0.05) is 29.8 Å². The summed E-state index contributed by atoms with van der Waals surface area (Å²) in [6.45, 7) is 6.21. The molecule has 0 radical (unpaired) electrons. The van der Waals surface area contributed by atoms with Crippen LogP contribution >= 0.6 is 11.6 Å². The predicted molar refractivity (Wildman–Crippen MR) is 208 cm³/mol. The molecule has 5 N–H and O–H groups in total. The number of carbonyl (C=O) groups is 3. The summed E-state index contributed by atoms with van der Waals surface area (Å²) >= 11 is 6.27. The molecule has 298 valence electrons. The Labute approximate surface area is 327 Å². The molecule has 3 aromatic carbocycles. The maximum absolute atomic E-state index is 14.2. The first-order valence-electron chi connectivity index (χ1n) is 19.1. The molecule has 3 aliphatic heterocycles. The van der Waals surface area contributed by atoms with Gasteiger partial charge in [0.15, 0.2) is 0 Å². The highest BCUT2D eigenvalue weighted by molar-refractivity contribution is 6.33. The van der Waals surface area contributed by atoms with E-state index >= 15 is 0 Å². The number of benzene rings is 3. The van der Waals surface area contributed by atoms with E-state index < -0.39 is 35.5 Å². The van der Waals surface area contributed by atoms with Gasteiger partial charge in [-0.15, -0.1) is 0 Å². The lowest BCUT2D eigenvalue weighted by Gasteiger charge is -2.38. The zero-order valence-electron chi connectivity index (χ0n) is 31.2. The first-order chi connectivity index (χ1) is 26.8. The van der Waals surface area contributed by atoms with Crippen molar-refractivity contribution in [3.8, 4) is 0 Å². The smallest absolute Gasteiger partial charge is 0.418 e. The Kier molecular flexibility index (Phi) is 11.4. The molecule has 56 heavy (non-hydrogen) atoms. The third kappa shape index (κ3) is 8.24. The van der Waals surface area contributed by atoms with Gasteiger partial charge < -0.3 is 40.7 Å². The summed E-state index contributed by atoms with van der Waals surface area (Å²) in [6.07, 6.45) is -0.112. The minimum atomic E-state index is -4.77. The van der Waals surface area contributed by atoms with E-state index in [4.69, 9.17) is 22.3 Å². The van der Waals surface area contributed by atoms with Crippen LogP contribution in [0.25, 0.3) is 11.0 Å². The number of alkyl halides is 3. The number of nitrogens with two attached hydrogens (primary N) is 1. The predicted octanol–water partition coefficient (Wildman–Crippen LogP) is 7.33. The molecule has 7 rings (SSSR count). The lowest BCUT2D eigenvalue weighted by atomic mass is 10.0. The van der Waals surface area contributed by atoms with E-state index in [0.29, 0.717) is 67.9 Å². The second-order valence-electron chi connectivity index (χ2n) is 14.9. The van der Waals surface area contributed by atoms with Crippen LogP contribution in [0.15, 0.2) is 48.5 Å². The topological polar surface area (TPSA) is 149 Å². The number of carboxylic acids is 1. The molecule has 4 amide bonds. The number of imidazole rings is 1. The summed E-state index contributed by atoms with van der Waals surface area (Å²) in [5.41, 5.74) is 7.78. The number of likely N-dealkylation sites (tertiary alicyclic amines) is 2. The number of aromatic carboxylic acids is 1. The number of hydrogen-bond donors (Lipinski definition) is 4. The lowest BCUT2D eigenvalue weighted by molar-refractivity contribution is -0.137. The summed E-state index contributed by atoms with van der Waals surface area (Å²) in [5, 5.41) is 15.7. The number of hydrogen-bond acceptors (Lipinski definition) is 6. The minimum Gasteiger partial charge on any atom is -0.478 e. The Hall–Kier alpha value is -5.02. The number of carbonyl (C=O) groups excluding carboxylic acids is 2. The average molecular weight is 795 g/mol. The van der Waals surface area contributed by atoms with Crippen LogP contribution in [0.1, 0.15) is 76.6 Å². The highest BCUT2D eigenvalue weighted by Crippen LogP contribution is 2.39. The maximum Gasteiger partial charge on any atom is 0.418 e. The third-order valence-electron chi connectivity index (χ3n) is 11.4. The van der Waals surface area contributed by atoms with E-state index in [1.54, 1.807) is 17.9 Å². The van der Waals surface area contributed by atoms with Gasteiger partial charge in [0.1, 0.15) is 5.82 Å². The summed E-state index contributed by atoms with van der Waals surface area (Å²) < 4.78 is 44.3. The van der Waals surface area contributed by atoms with E-state index in [1.807, 2.05) is 33.7 Å². The number of aryl methyl sites for hydroxylation is 2. The van der Waals surface area contributed by atoms with Gasteiger partial charge in [0.05, 0.1) is 38.9 Å². The molecule has 0 bridgehead atoms. The fraction of sp³-hybridized carbons (Fsp3) is 0.450. The number of para-hydroxylation sites is 1. The number of halogens is 4. The first kappa shape index (κ1) is 39.2. The van der Waals surface area contributed by atoms with Crippen LogP contribution in [0, 0.1) is 6.92 Å². The van der Waals surface area contributed by atoms with Crippen LogP contribution < -0.4 is 16.4 Å². The van der Waals surface area contributed by atoms with Gasteiger partial charge in [0, 0.05) is 44.3 Å². The van der Waals surface area contributed by atoms with E-state index in [1.165, 1.54) is 12.1 Å². The molecule has 0 aliphatic carbocycles. The molecule has 2 saturated heterocycles. The number of amides is 4. The summed E-state index contributed by atoms with van der Waals surface area (Å²) in [7, 11) is 0. The van der Waals surface area contributed by atoms with E-state index in [2.05, 4.69) is 15.5 Å². The molecule has 0 spiro atoms. The molecule has 1 atom stereocenters. The lowest BCUT2D eigenvalue weighted by Crippen LogP contribution is -2.52. The average Bonchev–Trinajstić information content (AvgIpc) is 3.78. The number of anilines is 2. The van der Waals surface area contributed by atoms with Crippen molar-refractivity contribution in [2.24, 2.45) is 0 Å². The van der Waals surface area contributed by atoms with Crippen molar-refractivity contribution >= 4 is 52.0 Å². The van der Waals surface area contributed by atoms with Crippen LogP contribution in [-0.4, -0.2) is 92.7 Å². The van der Waals surface area contributed by atoms with Crippen molar-refractivity contribution in [3.05, 3.63) is 87.2 Å². The van der Waals surface area contributed by atoms with Crippen LogP contribution in [0.4, 0.5) is 34.1 Å². The van der Waals surface area contributed by atoms with Gasteiger partial charge >= 0.3 is 24.2 Å². The number of aromatic nitrogens is 2. The van der Waals surface area contributed by atoms with Crippen LogP contribution in [-0.2, 0) is 25.6 Å². The van der Waals surface area contributed by atoms with Crippen molar-refractivity contribution in [1.29, 1.82) is 0 Å². The highest BCUT2D eigenvalue weighted by Gasteiger charge is 2.36. The number of nitrogen functional groups attached to an aromatic ring is 1. The molecular formula is C40H46ClF3N8O4. The largest absolute Gasteiger partial charge is 0.478 e. The fourth-order valence-electron chi connectivity index (χ4n) is 8.36. The Morgan fingerprint density at radius 3 is 2.50 bits per heavy atom. The van der Waals surface area contributed by atoms with Crippen molar-refractivity contribution in [2.75, 3.05) is 50.3 Å². The third-order valence-corrected chi connectivity index (χ3v) is 11.7. The second-order valence-corrected chi connectivity index (χ2v) is 15.3. The van der Waals surface area contributed by atoms with Gasteiger partial charge in [-0.3, -0.25) is 0 Å². The molecule has 1 unspecified atom stereocenters. The summed E-state index contributed by atoms with van der Waals surface area (Å²) in [4.78, 5) is 50.3. The minimum absolute atomic E-state index is 0.0799. The molecule has 2 fully saturated rings. The molecule has 16 heteroatoms. The Morgan fingerprint density at radius 2 is 1.79 bits per heavy atom. The van der Waals surface area contributed by atoms with Gasteiger partial charge in [0.2, 0.25) is 0 Å². The van der Waals surface area contributed by atoms with E-state index in [0.717, 1.165) is 56.2 Å². The molecule has 0 saturated carbocycles. The molecular weight excluding hydrogens is 749 g/mol. The normalized spacial score (nSPS) is 17.5. The van der Waals surface area contributed by atoms with Crippen molar-refractivity contribution in [2.45, 2.75) is 76.7 Å². The summed E-state index contributed by atoms with van der Waals surface area (Å²) in [5.74, 6) is -0.723. The number of nitrogens with zero attached hydrogens (tertiary/aromatic N) is 5. The van der Waals surface area contributed by atoms with Crippen molar-refractivity contribution < 1.29 is 32.7 Å². The fourth-order valence-corrected chi connectivity index (χ4v) is 8.60. The standard InChI is InChI=1S/C40H46ClF3N8O4/c1-24-28(37(53)54)9-10-33-35(24)48-36(52(33)17-6-16-49-14-4-5-15-49)32(23-25-21-29(40(42,43)44)34(45)30(41)22-25)47-38(55)50-18-12-27(13-19-50)51-20-11-26-7-2-3-8-31(26)46-39(51)56/h2-3,7-10,21-22,27,32H,4-6,11-20,23,45H2,1H3,(H,46,56)(H,47,55)(H,53,54). The second kappa shape index (κ2) is 16.2. The first-order valence-corrected chi connectivity index (χ1v) is 19.5. The van der Waals surface area contributed by atoms with E-state index in [9.17, 15) is 32.7 Å². The number of fused-ring (bicyclic) bond motifs is 2. The van der Waals surface area contributed by atoms with Crippen molar-refractivity contribution in [3.63, 3.8) is 0 Å². The molecule has 12 nitrogen and oxygen atoms in total. The summed E-state index contributed by atoms with van der Waals surface area (Å²) in [6, 6.07) is 11.6. The highest BCUT2D eigenvalue weighted by atomic mass is 35.5. The molecule has 4 aromatic rings. The van der Waals surface area contributed by atoms with E-state index in [-0.39, 0.29) is 34.6 Å². The monoisotopic (exact) mass is 794 g/mol. The Balaban J connectivity index is 1.18. The van der Waals surface area contributed by atoms with Crippen molar-refractivity contribution in [1.82, 2.24) is 29.6 Å². The Morgan fingerprint density at radius 1 is 1.05 bits per heavy atom. The number of carboxylic acid groups (broad SMARTS) is 1. The molecule has 3 aliphatic rings. The number of nitrogens with one attached hydrogen (secondary N) is 2. The van der Waals surface area contributed by atoms with Gasteiger partial charge in [-0.05, 0) is 112 Å². The number of piperidine rings is 1. The Bertz CT molecular complexity index is 2130. The van der Waals surface area contributed by atoms with Gasteiger partial charge in [0.25, 0.3) is 0 Å². The zero-order valence-corrected chi connectivity index (χ0v) is 31.9. The molecule has 4 heterocycles. The number of urea groups is 2. The number of rotatable bonds is 10.